The van der Waals surface area contributed by atoms with Gasteiger partial charge in [-0.2, -0.15) is 0 Å². The summed E-state index contributed by atoms with van der Waals surface area (Å²) in [6.45, 7) is 2.05. The molecule has 0 aliphatic carbocycles. The number of hydrogen-bond acceptors (Lipinski definition) is 9. The van der Waals surface area contributed by atoms with Crippen LogP contribution in [0.1, 0.15) is 47.5 Å². The van der Waals surface area contributed by atoms with Crippen molar-refractivity contribution >= 4 is 11.9 Å². The van der Waals surface area contributed by atoms with Gasteiger partial charge in [0.1, 0.15) is 11.5 Å². The van der Waals surface area contributed by atoms with E-state index in [4.69, 9.17) is 14.9 Å². The maximum atomic E-state index is 12.8. The lowest BCUT2D eigenvalue weighted by Gasteiger charge is -2.42. The van der Waals surface area contributed by atoms with Crippen LogP contribution in [0.4, 0.5) is 0 Å². The van der Waals surface area contributed by atoms with E-state index in [0.29, 0.717) is 36.7 Å². The molecule has 11 heteroatoms. The van der Waals surface area contributed by atoms with Crippen LogP contribution >= 0.6 is 0 Å². The number of amides is 1. The number of aromatic hydroxyl groups is 1. The van der Waals surface area contributed by atoms with Crippen molar-refractivity contribution in [3.63, 3.8) is 0 Å². The van der Waals surface area contributed by atoms with Gasteiger partial charge in [0.15, 0.2) is 12.4 Å². The molecule has 1 saturated heterocycles. The number of aromatic nitrogens is 1. The number of hydrogen-bond donors (Lipinski definition) is 2. The number of methoxy groups -OCH3 is 1. The molecule has 1 aromatic carbocycles. The summed E-state index contributed by atoms with van der Waals surface area (Å²) in [6.07, 6.45) is 0.750. The highest BCUT2D eigenvalue weighted by atomic mass is 16.6. The fourth-order valence-electron chi connectivity index (χ4n) is 5.80. The van der Waals surface area contributed by atoms with Crippen molar-refractivity contribution in [2.45, 2.75) is 37.8 Å². The number of fused-ring (bicyclic) bond motifs is 4. The van der Waals surface area contributed by atoms with E-state index in [-0.39, 0.29) is 36.2 Å². The van der Waals surface area contributed by atoms with E-state index in [1.807, 2.05) is 10.6 Å². The SMILES string of the molecule is COC(=O)COc1cccc(C(CC(N)=O)c2oc(CN3C[C@H]4C[C@@H](C3)c3cccc(=O)n3C4)cc(=O)c2O)c1. The van der Waals surface area contributed by atoms with Gasteiger partial charge in [0.05, 0.1) is 19.6 Å². The molecule has 2 bridgehead atoms. The predicted octanol–water partition coefficient (Wildman–Crippen LogP) is 1.69. The third-order valence-corrected chi connectivity index (χ3v) is 7.50. The van der Waals surface area contributed by atoms with Gasteiger partial charge < -0.3 is 29.3 Å². The van der Waals surface area contributed by atoms with Crippen LogP contribution in [0, 0.1) is 5.92 Å². The first-order valence-corrected chi connectivity index (χ1v) is 13.1. The van der Waals surface area contributed by atoms with Crippen molar-refractivity contribution in [2.75, 3.05) is 26.8 Å². The van der Waals surface area contributed by atoms with E-state index in [0.717, 1.165) is 18.7 Å². The Morgan fingerprint density at radius 1 is 1.12 bits per heavy atom. The van der Waals surface area contributed by atoms with Crippen LogP contribution in [0.2, 0.25) is 0 Å². The number of piperidine rings is 1. The Kier molecular flexibility index (Phi) is 7.74. The van der Waals surface area contributed by atoms with Gasteiger partial charge in [-0.1, -0.05) is 18.2 Å². The van der Waals surface area contributed by atoms with E-state index in [1.165, 1.54) is 13.2 Å². The highest BCUT2D eigenvalue weighted by Gasteiger charge is 2.35. The van der Waals surface area contributed by atoms with Crippen molar-refractivity contribution in [3.8, 4) is 11.5 Å². The molecule has 5 rings (SSSR count). The third kappa shape index (κ3) is 5.79. The summed E-state index contributed by atoms with van der Waals surface area (Å²) in [5.74, 6) is -1.62. The molecule has 4 heterocycles. The summed E-state index contributed by atoms with van der Waals surface area (Å²) in [6, 6.07) is 13.2. The lowest BCUT2D eigenvalue weighted by Crippen LogP contribution is -2.46. The molecule has 0 saturated carbocycles. The predicted molar refractivity (Wildman–Crippen MR) is 143 cm³/mol. The van der Waals surface area contributed by atoms with Crippen molar-refractivity contribution in [1.82, 2.24) is 9.47 Å². The number of carbonyl (C=O) groups excluding carboxylic acids is 2. The van der Waals surface area contributed by atoms with Crippen LogP contribution in [0.15, 0.2) is 62.5 Å². The maximum Gasteiger partial charge on any atom is 0.343 e. The number of likely N-dealkylation sites (tertiary alicyclic amines) is 1. The molecule has 210 valence electrons. The van der Waals surface area contributed by atoms with Gasteiger partial charge in [0.25, 0.3) is 5.56 Å². The van der Waals surface area contributed by atoms with Crippen LogP contribution < -0.4 is 21.5 Å². The zero-order chi connectivity index (χ0) is 28.4. The van der Waals surface area contributed by atoms with Gasteiger partial charge in [0.2, 0.25) is 17.1 Å². The summed E-state index contributed by atoms with van der Waals surface area (Å²) in [5.41, 5.74) is 6.43. The smallest absolute Gasteiger partial charge is 0.343 e. The number of benzene rings is 1. The molecule has 2 aromatic heterocycles. The van der Waals surface area contributed by atoms with E-state index < -0.39 is 29.0 Å². The van der Waals surface area contributed by atoms with E-state index in [9.17, 15) is 24.3 Å². The Labute approximate surface area is 229 Å². The number of nitrogens with two attached hydrogens (primary N) is 1. The molecule has 0 spiro atoms. The molecule has 0 radical (unpaired) electrons. The summed E-state index contributed by atoms with van der Waals surface area (Å²) < 4.78 is 18.0. The number of primary amides is 1. The minimum Gasteiger partial charge on any atom is -0.502 e. The van der Waals surface area contributed by atoms with Gasteiger partial charge in [-0.15, -0.1) is 0 Å². The lowest BCUT2D eigenvalue weighted by atomic mass is 9.83. The first-order valence-electron chi connectivity index (χ1n) is 13.1. The van der Waals surface area contributed by atoms with E-state index in [2.05, 4.69) is 9.64 Å². The van der Waals surface area contributed by atoms with Crippen LogP contribution in [0.5, 0.6) is 11.5 Å². The number of pyridine rings is 1. The number of esters is 1. The van der Waals surface area contributed by atoms with E-state index in [1.54, 1.807) is 36.4 Å². The van der Waals surface area contributed by atoms with Gasteiger partial charge >= 0.3 is 5.97 Å². The second kappa shape index (κ2) is 11.4. The molecule has 11 nitrogen and oxygen atoms in total. The molecule has 2 aliphatic heterocycles. The first-order chi connectivity index (χ1) is 19.2. The highest BCUT2D eigenvalue weighted by molar-refractivity contribution is 5.75. The molecular formula is C29H31N3O8. The maximum absolute atomic E-state index is 12.8. The summed E-state index contributed by atoms with van der Waals surface area (Å²) >= 11 is 0. The zero-order valence-electron chi connectivity index (χ0n) is 22.1. The minimum absolute atomic E-state index is 0.00933. The zero-order valence-corrected chi connectivity index (χ0v) is 22.1. The number of rotatable bonds is 9. The second-order valence-corrected chi connectivity index (χ2v) is 10.3. The van der Waals surface area contributed by atoms with Crippen LogP contribution in [-0.2, 0) is 27.4 Å². The Morgan fingerprint density at radius 2 is 1.93 bits per heavy atom. The molecule has 1 fully saturated rings. The fourth-order valence-corrected chi connectivity index (χ4v) is 5.80. The van der Waals surface area contributed by atoms with Crippen molar-refractivity contribution in [3.05, 3.63) is 91.9 Å². The number of nitrogens with zero attached hydrogens (tertiary/aromatic N) is 2. The largest absolute Gasteiger partial charge is 0.502 e. The Balaban J connectivity index is 1.42. The molecule has 3 aromatic rings. The Morgan fingerprint density at radius 3 is 2.70 bits per heavy atom. The number of ether oxygens (including phenoxy) is 2. The van der Waals surface area contributed by atoms with Crippen molar-refractivity contribution in [1.29, 1.82) is 0 Å². The standard InChI is InChI=1S/C29H31N3O8/c1-38-27(36)16-39-20-5-2-4-18(9-20)22(11-25(30)34)29-28(37)24(33)10-21(40-29)15-31-12-17-8-19(14-31)23-6-3-7-26(35)32(23)13-17/h2-7,9-10,17,19,22,37H,8,11-16H2,1H3,(H2,30,34)/t17-,19+,22?/m1/s1. The summed E-state index contributed by atoms with van der Waals surface area (Å²) in [4.78, 5) is 50.9. The molecule has 2 aliphatic rings. The Hall–Kier alpha value is -4.38. The van der Waals surface area contributed by atoms with Crippen molar-refractivity contribution < 1.29 is 28.6 Å². The van der Waals surface area contributed by atoms with Crippen LogP contribution in [0.25, 0.3) is 0 Å². The fraction of sp³-hybridized carbons (Fsp3) is 0.379. The second-order valence-electron chi connectivity index (χ2n) is 10.3. The minimum atomic E-state index is -0.869. The molecule has 1 unspecified atom stereocenters. The normalized spacial score (nSPS) is 18.9. The van der Waals surface area contributed by atoms with Crippen LogP contribution in [0.3, 0.4) is 0 Å². The summed E-state index contributed by atoms with van der Waals surface area (Å²) in [7, 11) is 1.25. The van der Waals surface area contributed by atoms with Crippen LogP contribution in [-0.4, -0.2) is 53.3 Å². The van der Waals surface area contributed by atoms with Gasteiger partial charge in [-0.25, -0.2) is 4.79 Å². The van der Waals surface area contributed by atoms with Gasteiger partial charge in [-0.3, -0.25) is 19.3 Å². The Bertz CT molecular complexity index is 1540. The molecule has 3 N–H and O–H groups in total. The monoisotopic (exact) mass is 549 g/mol. The molecule has 3 atom stereocenters. The van der Waals surface area contributed by atoms with Gasteiger partial charge in [-0.05, 0) is 36.1 Å². The lowest BCUT2D eigenvalue weighted by molar-refractivity contribution is -0.142. The topological polar surface area (TPSA) is 154 Å². The summed E-state index contributed by atoms with van der Waals surface area (Å²) in [5, 5.41) is 10.7. The third-order valence-electron chi connectivity index (χ3n) is 7.50. The molecule has 40 heavy (non-hydrogen) atoms. The average molecular weight is 550 g/mol. The molecule has 1 amide bonds. The highest BCUT2D eigenvalue weighted by Crippen LogP contribution is 2.37. The van der Waals surface area contributed by atoms with Crippen molar-refractivity contribution in [2.24, 2.45) is 11.7 Å². The van der Waals surface area contributed by atoms with E-state index >= 15 is 0 Å². The number of carbonyl (C=O) groups is 2. The van der Waals surface area contributed by atoms with Gasteiger partial charge in [0, 0.05) is 49.8 Å². The average Bonchev–Trinajstić information content (AvgIpc) is 2.93. The molecular weight excluding hydrogens is 518 g/mol. The quantitative estimate of drug-likeness (QED) is 0.380. The first kappa shape index (κ1) is 27.2.